The maximum Gasteiger partial charge on any atom is 0.240 e. The van der Waals surface area contributed by atoms with Crippen molar-refractivity contribution < 1.29 is 32.2 Å². The van der Waals surface area contributed by atoms with Gasteiger partial charge in [0.25, 0.3) is 0 Å². The summed E-state index contributed by atoms with van der Waals surface area (Å²) in [7, 11) is 0. The summed E-state index contributed by atoms with van der Waals surface area (Å²) in [6, 6.07) is 14.2. The fourth-order valence-electron chi connectivity index (χ4n) is 3.81. The molecule has 0 aliphatic rings. The van der Waals surface area contributed by atoms with Crippen molar-refractivity contribution in [2.24, 2.45) is 5.73 Å². The number of aromatic nitrogens is 1. The van der Waals surface area contributed by atoms with Crippen molar-refractivity contribution in [3.8, 4) is 5.75 Å². The highest BCUT2D eigenvalue weighted by atomic mass is 19.1. The summed E-state index contributed by atoms with van der Waals surface area (Å²) >= 11 is 0. The van der Waals surface area contributed by atoms with Crippen LogP contribution in [0.3, 0.4) is 0 Å². The Bertz CT molecular complexity index is 1150. The highest BCUT2D eigenvalue weighted by molar-refractivity contribution is 5.82. The lowest BCUT2D eigenvalue weighted by atomic mass is 10.0. The normalized spacial score (nSPS) is 12.0. The highest BCUT2D eigenvalue weighted by Crippen LogP contribution is 2.23. The van der Waals surface area contributed by atoms with Gasteiger partial charge >= 0.3 is 0 Å². The van der Waals surface area contributed by atoms with Gasteiger partial charge in [-0.1, -0.05) is 36.4 Å². The molecule has 1 aromatic heterocycles. The van der Waals surface area contributed by atoms with E-state index in [2.05, 4.69) is 4.98 Å². The number of rotatable bonds is 14. The molecule has 0 unspecified atom stereocenters. The number of carbonyl (C=O) groups is 1. The Morgan fingerprint density at radius 1 is 0.974 bits per heavy atom. The molecule has 204 valence electrons. The van der Waals surface area contributed by atoms with Gasteiger partial charge in [-0.25, -0.2) is 13.8 Å². The van der Waals surface area contributed by atoms with E-state index in [0.717, 1.165) is 17.7 Å². The number of hydrogen-bond acceptors (Lipinski definition) is 6. The molecule has 1 atom stereocenters. The van der Waals surface area contributed by atoms with E-state index in [4.69, 9.17) is 19.9 Å². The topological polar surface area (TPSA) is 86.9 Å². The van der Waals surface area contributed by atoms with Crippen LogP contribution in [0, 0.1) is 17.6 Å². The van der Waals surface area contributed by atoms with Crippen molar-refractivity contribution in [2.75, 3.05) is 19.8 Å². The summed E-state index contributed by atoms with van der Waals surface area (Å²) < 4.78 is 60.0. The van der Waals surface area contributed by atoms with Crippen LogP contribution in [0.1, 0.15) is 30.7 Å². The second-order valence-electron chi connectivity index (χ2n) is 8.46. The average Bonchev–Trinajstić information content (AvgIpc) is 2.89. The van der Waals surface area contributed by atoms with E-state index < -0.39 is 42.2 Å². The Morgan fingerprint density at radius 2 is 1.63 bits per heavy atom. The number of pyridine rings is 1. The van der Waals surface area contributed by atoms with Crippen LogP contribution in [0.5, 0.6) is 5.75 Å². The fraction of sp³-hybridized carbons (Fsp3) is 0.357. The zero-order chi connectivity index (χ0) is 27.5. The molecular weight excluding hydrogens is 499 g/mol. The quantitative estimate of drug-likeness (QED) is 0.246. The molecule has 0 fully saturated rings. The predicted molar refractivity (Wildman–Crippen MR) is 135 cm³/mol. The van der Waals surface area contributed by atoms with Crippen LogP contribution >= 0.6 is 0 Å². The van der Waals surface area contributed by atoms with Gasteiger partial charge in [-0.05, 0) is 31.5 Å². The number of hydrogen-bond donors (Lipinski definition) is 1. The lowest BCUT2D eigenvalue weighted by molar-refractivity contribution is -0.160. The van der Waals surface area contributed by atoms with Crippen LogP contribution in [0.25, 0.3) is 0 Å². The first-order chi connectivity index (χ1) is 18.3. The van der Waals surface area contributed by atoms with Gasteiger partial charge in [-0.2, -0.15) is 4.39 Å². The first kappa shape index (κ1) is 29.1. The Labute approximate surface area is 220 Å². The zero-order valence-corrected chi connectivity index (χ0v) is 21.4. The van der Waals surface area contributed by atoms with E-state index in [-0.39, 0.29) is 36.7 Å². The van der Waals surface area contributed by atoms with Gasteiger partial charge in [0.1, 0.15) is 24.0 Å². The first-order valence-electron chi connectivity index (χ1n) is 12.3. The molecule has 0 radical (unpaired) electrons. The highest BCUT2D eigenvalue weighted by Gasteiger charge is 2.27. The molecule has 0 aliphatic carbocycles. The largest absolute Gasteiger partial charge is 0.489 e. The summed E-state index contributed by atoms with van der Waals surface area (Å²) in [5, 5.41) is 0. The standard InChI is InChI=1S/C28H32F3N3O4/c1-3-36-27(37-4-2)17-34(16-20-11-8-12-26(31)33-20)28(35)25(32)15-22-23(29)13-21(14-24(22)30)38-18-19-9-6-5-7-10-19/h5-14,25,27H,3-4,15-18,32H2,1-2H3/t25-/m0/s1. The van der Waals surface area contributed by atoms with Gasteiger partial charge in [0.2, 0.25) is 11.9 Å². The van der Waals surface area contributed by atoms with E-state index in [1.54, 1.807) is 19.9 Å². The second kappa shape index (κ2) is 14.5. The van der Waals surface area contributed by atoms with E-state index in [1.165, 1.54) is 17.0 Å². The van der Waals surface area contributed by atoms with E-state index >= 15 is 0 Å². The predicted octanol–water partition coefficient (Wildman–Crippen LogP) is 4.38. The molecule has 0 bridgehead atoms. The van der Waals surface area contributed by atoms with Crippen molar-refractivity contribution in [2.45, 2.75) is 45.8 Å². The number of benzene rings is 2. The van der Waals surface area contributed by atoms with Crippen LogP contribution < -0.4 is 10.5 Å². The minimum Gasteiger partial charge on any atom is -0.489 e. The Kier molecular flexibility index (Phi) is 11.1. The smallest absolute Gasteiger partial charge is 0.240 e. The molecule has 2 N–H and O–H groups in total. The van der Waals surface area contributed by atoms with Crippen LogP contribution in [-0.2, 0) is 33.8 Å². The van der Waals surface area contributed by atoms with Crippen molar-refractivity contribution in [1.82, 2.24) is 9.88 Å². The SMILES string of the molecule is CCOC(CN(Cc1cccc(F)n1)C(=O)[C@@H](N)Cc1c(F)cc(OCc2ccccc2)cc1F)OCC. The minimum absolute atomic E-state index is 0.0163. The second-order valence-corrected chi connectivity index (χ2v) is 8.46. The fourth-order valence-corrected chi connectivity index (χ4v) is 3.81. The van der Waals surface area contributed by atoms with Gasteiger partial charge < -0.3 is 24.8 Å². The maximum absolute atomic E-state index is 14.9. The number of carbonyl (C=O) groups excluding carboxylic acids is 1. The van der Waals surface area contributed by atoms with Gasteiger partial charge in [0, 0.05) is 37.3 Å². The molecule has 3 aromatic rings. The average molecular weight is 532 g/mol. The van der Waals surface area contributed by atoms with Gasteiger partial charge in [-0.3, -0.25) is 4.79 Å². The third-order valence-corrected chi connectivity index (χ3v) is 5.62. The van der Waals surface area contributed by atoms with E-state index in [0.29, 0.717) is 13.2 Å². The van der Waals surface area contributed by atoms with Crippen LogP contribution in [0.15, 0.2) is 60.7 Å². The summed E-state index contributed by atoms with van der Waals surface area (Å²) in [5.74, 6) is -3.07. The molecule has 10 heteroatoms. The molecule has 7 nitrogen and oxygen atoms in total. The summed E-state index contributed by atoms with van der Waals surface area (Å²) in [5.41, 5.74) is 6.91. The van der Waals surface area contributed by atoms with Crippen LogP contribution in [-0.4, -0.2) is 47.9 Å². The minimum atomic E-state index is -1.30. The molecule has 0 spiro atoms. The van der Waals surface area contributed by atoms with Crippen molar-refractivity contribution >= 4 is 5.91 Å². The number of nitrogens with two attached hydrogens (primary N) is 1. The third kappa shape index (κ3) is 8.54. The molecule has 2 aromatic carbocycles. The van der Waals surface area contributed by atoms with Crippen molar-refractivity contribution in [3.05, 3.63) is 95.1 Å². The Hall–Kier alpha value is -3.47. The molecule has 38 heavy (non-hydrogen) atoms. The third-order valence-electron chi connectivity index (χ3n) is 5.62. The Balaban J connectivity index is 1.74. The lowest BCUT2D eigenvalue weighted by Crippen LogP contribution is -2.48. The van der Waals surface area contributed by atoms with E-state index in [9.17, 15) is 18.0 Å². The maximum atomic E-state index is 14.9. The number of halogens is 3. The lowest BCUT2D eigenvalue weighted by Gasteiger charge is -2.29. The molecule has 0 aliphatic heterocycles. The van der Waals surface area contributed by atoms with Crippen LogP contribution in [0.4, 0.5) is 13.2 Å². The number of nitrogens with zero attached hydrogens (tertiary/aromatic N) is 2. The molecule has 0 saturated heterocycles. The summed E-state index contributed by atoms with van der Waals surface area (Å²) in [6.07, 6.45) is -1.18. The molecule has 1 heterocycles. The van der Waals surface area contributed by atoms with Gasteiger partial charge in [-0.15, -0.1) is 0 Å². The molecule has 0 saturated carbocycles. The molecule has 3 rings (SSSR count). The number of ether oxygens (including phenoxy) is 3. The van der Waals surface area contributed by atoms with Gasteiger partial charge in [0.15, 0.2) is 6.29 Å². The zero-order valence-electron chi connectivity index (χ0n) is 21.4. The van der Waals surface area contributed by atoms with Gasteiger partial charge in [0.05, 0.1) is 24.8 Å². The van der Waals surface area contributed by atoms with Crippen LogP contribution in [0.2, 0.25) is 0 Å². The van der Waals surface area contributed by atoms with E-state index in [1.807, 2.05) is 30.3 Å². The molecule has 1 amide bonds. The summed E-state index contributed by atoms with van der Waals surface area (Å²) in [6.45, 7) is 4.20. The summed E-state index contributed by atoms with van der Waals surface area (Å²) in [4.78, 5) is 18.4. The first-order valence-corrected chi connectivity index (χ1v) is 12.3. The monoisotopic (exact) mass is 531 g/mol. The van der Waals surface area contributed by atoms with Crippen molar-refractivity contribution in [1.29, 1.82) is 0 Å². The van der Waals surface area contributed by atoms with Crippen molar-refractivity contribution in [3.63, 3.8) is 0 Å². The molecular formula is C28H32F3N3O4. The Morgan fingerprint density at radius 3 is 2.24 bits per heavy atom. The number of amides is 1.